The van der Waals surface area contributed by atoms with E-state index in [2.05, 4.69) is 6.92 Å². The molecule has 0 saturated heterocycles. The topological polar surface area (TPSA) is 55.5 Å². The van der Waals surface area contributed by atoms with Crippen LogP contribution in [0.5, 0.6) is 0 Å². The van der Waals surface area contributed by atoms with Gasteiger partial charge in [0.05, 0.1) is 6.61 Å². The summed E-state index contributed by atoms with van der Waals surface area (Å²) < 4.78 is 0. The second kappa shape index (κ2) is 3.85. The molecule has 3 nitrogen and oxygen atoms in total. The maximum Gasteiger partial charge on any atom is 0.102 e. The maximum absolute atomic E-state index is 8.91. The van der Waals surface area contributed by atoms with Crippen LogP contribution in [0.4, 0.5) is 0 Å². The van der Waals surface area contributed by atoms with Gasteiger partial charge in [-0.2, -0.15) is 0 Å². The first-order valence-electron chi connectivity index (χ1n) is 3.95. The highest BCUT2D eigenvalue weighted by molar-refractivity contribution is 5.13. The Hall–Kier alpha value is -0.380. The fraction of sp³-hybridized carbons (Fsp3) is 0.750. The monoisotopic (exact) mass is 157 g/mol. The summed E-state index contributed by atoms with van der Waals surface area (Å²) in [4.78, 5) is 4.71. The van der Waals surface area contributed by atoms with Gasteiger partial charge in [-0.25, -0.2) is 5.90 Å². The van der Waals surface area contributed by atoms with Gasteiger partial charge < -0.3 is 5.11 Å². The molecule has 0 heterocycles. The standard InChI is InChI=1S/C8H15NO2/c1-6-2-3-8(11-9)7(4-6)5-10/h4,6,8,10H,2-3,5,9H2,1H3/t6-,8+/m1/s1. The summed E-state index contributed by atoms with van der Waals surface area (Å²) in [7, 11) is 0. The van der Waals surface area contributed by atoms with Crippen LogP contribution in [0.15, 0.2) is 11.6 Å². The first-order valence-corrected chi connectivity index (χ1v) is 3.95. The van der Waals surface area contributed by atoms with Gasteiger partial charge in [0.15, 0.2) is 0 Å². The highest BCUT2D eigenvalue weighted by Gasteiger charge is 2.19. The zero-order chi connectivity index (χ0) is 8.27. The third kappa shape index (κ3) is 2.02. The molecule has 0 aliphatic heterocycles. The molecule has 0 radical (unpaired) electrons. The first kappa shape index (κ1) is 8.71. The van der Waals surface area contributed by atoms with Crippen molar-refractivity contribution in [1.29, 1.82) is 0 Å². The summed E-state index contributed by atoms with van der Waals surface area (Å²) in [6.45, 7) is 2.19. The predicted molar refractivity (Wildman–Crippen MR) is 42.6 cm³/mol. The van der Waals surface area contributed by atoms with Gasteiger partial charge in [0.1, 0.15) is 6.10 Å². The zero-order valence-electron chi connectivity index (χ0n) is 6.79. The zero-order valence-corrected chi connectivity index (χ0v) is 6.79. The van der Waals surface area contributed by atoms with Crippen LogP contribution in [-0.4, -0.2) is 17.8 Å². The van der Waals surface area contributed by atoms with E-state index in [1.54, 1.807) is 0 Å². The van der Waals surface area contributed by atoms with Gasteiger partial charge >= 0.3 is 0 Å². The third-order valence-electron chi connectivity index (χ3n) is 2.14. The number of allylic oxidation sites excluding steroid dienone is 1. The number of hydrogen-bond acceptors (Lipinski definition) is 3. The molecule has 0 unspecified atom stereocenters. The predicted octanol–water partition coefficient (Wildman–Crippen LogP) is 0.594. The first-order chi connectivity index (χ1) is 5.27. The summed E-state index contributed by atoms with van der Waals surface area (Å²) >= 11 is 0. The number of aliphatic hydroxyl groups excluding tert-OH is 1. The molecule has 0 aromatic carbocycles. The quantitative estimate of drug-likeness (QED) is 0.455. The molecule has 1 rings (SSSR count). The highest BCUT2D eigenvalue weighted by atomic mass is 16.6. The van der Waals surface area contributed by atoms with E-state index < -0.39 is 0 Å². The average molecular weight is 157 g/mol. The molecule has 0 aromatic heterocycles. The summed E-state index contributed by atoms with van der Waals surface area (Å²) in [6.07, 6.45) is 3.99. The lowest BCUT2D eigenvalue weighted by Crippen LogP contribution is -2.26. The molecule has 11 heavy (non-hydrogen) atoms. The Morgan fingerprint density at radius 3 is 3.00 bits per heavy atom. The van der Waals surface area contributed by atoms with E-state index >= 15 is 0 Å². The molecule has 64 valence electrons. The van der Waals surface area contributed by atoms with Crippen LogP contribution < -0.4 is 5.90 Å². The summed E-state index contributed by atoms with van der Waals surface area (Å²) in [5.74, 6) is 5.61. The van der Waals surface area contributed by atoms with Crippen LogP contribution in [-0.2, 0) is 4.84 Å². The molecule has 1 aliphatic rings. The Labute approximate surface area is 66.8 Å². The molecule has 0 spiro atoms. The SMILES string of the molecule is C[C@H]1C=C(CO)[C@@H](ON)CC1. The van der Waals surface area contributed by atoms with Crippen molar-refractivity contribution < 1.29 is 9.94 Å². The molecule has 3 N–H and O–H groups in total. The van der Waals surface area contributed by atoms with Gasteiger partial charge in [0.2, 0.25) is 0 Å². The summed E-state index contributed by atoms with van der Waals surface area (Å²) in [5, 5.41) is 8.91. The maximum atomic E-state index is 8.91. The second-order valence-electron chi connectivity index (χ2n) is 3.08. The van der Waals surface area contributed by atoms with Crippen molar-refractivity contribution in [2.45, 2.75) is 25.9 Å². The number of hydrogen-bond donors (Lipinski definition) is 2. The van der Waals surface area contributed by atoms with Crippen molar-refractivity contribution in [3.63, 3.8) is 0 Å². The van der Waals surface area contributed by atoms with E-state index in [4.69, 9.17) is 15.8 Å². The molecule has 0 saturated carbocycles. The Balaban J connectivity index is 2.63. The minimum atomic E-state index is -0.0591. The third-order valence-corrected chi connectivity index (χ3v) is 2.14. The molecule has 0 amide bonds. The van der Waals surface area contributed by atoms with Gasteiger partial charge in [-0.15, -0.1) is 0 Å². The Morgan fingerprint density at radius 1 is 1.73 bits per heavy atom. The van der Waals surface area contributed by atoms with E-state index in [0.29, 0.717) is 5.92 Å². The van der Waals surface area contributed by atoms with E-state index in [-0.39, 0.29) is 12.7 Å². The van der Waals surface area contributed by atoms with Gasteiger partial charge in [-0.3, -0.25) is 4.84 Å². The lowest BCUT2D eigenvalue weighted by molar-refractivity contribution is 0.0559. The molecule has 0 fully saturated rings. The van der Waals surface area contributed by atoms with E-state index in [9.17, 15) is 0 Å². The van der Waals surface area contributed by atoms with E-state index in [1.165, 1.54) is 0 Å². The van der Waals surface area contributed by atoms with Crippen molar-refractivity contribution in [2.75, 3.05) is 6.61 Å². The fourth-order valence-corrected chi connectivity index (χ4v) is 1.47. The van der Waals surface area contributed by atoms with Crippen LogP contribution in [0, 0.1) is 5.92 Å². The molecule has 0 bridgehead atoms. The summed E-state index contributed by atoms with van der Waals surface area (Å²) in [5.41, 5.74) is 0.922. The molecule has 2 atom stereocenters. The van der Waals surface area contributed by atoms with Crippen molar-refractivity contribution in [3.05, 3.63) is 11.6 Å². The highest BCUT2D eigenvalue weighted by Crippen LogP contribution is 2.23. The van der Waals surface area contributed by atoms with Crippen molar-refractivity contribution >= 4 is 0 Å². The molecule has 1 aliphatic carbocycles. The minimum Gasteiger partial charge on any atom is -0.392 e. The normalized spacial score (nSPS) is 31.7. The smallest absolute Gasteiger partial charge is 0.102 e. The Morgan fingerprint density at radius 2 is 2.45 bits per heavy atom. The number of rotatable bonds is 2. The van der Waals surface area contributed by atoms with Gasteiger partial charge in [0.25, 0.3) is 0 Å². The van der Waals surface area contributed by atoms with Crippen LogP contribution >= 0.6 is 0 Å². The van der Waals surface area contributed by atoms with Gasteiger partial charge in [0, 0.05) is 0 Å². The number of nitrogens with two attached hydrogens (primary N) is 1. The molecule has 0 aromatic rings. The van der Waals surface area contributed by atoms with Crippen molar-refractivity contribution in [3.8, 4) is 0 Å². The molecular formula is C8H15NO2. The van der Waals surface area contributed by atoms with Crippen LogP contribution in [0.25, 0.3) is 0 Å². The average Bonchev–Trinajstić information content (AvgIpc) is 2.04. The minimum absolute atomic E-state index is 0.0591. The lowest BCUT2D eigenvalue weighted by Gasteiger charge is -2.24. The lowest BCUT2D eigenvalue weighted by atomic mass is 9.90. The van der Waals surface area contributed by atoms with Crippen molar-refractivity contribution in [1.82, 2.24) is 0 Å². The largest absolute Gasteiger partial charge is 0.392 e. The Bertz CT molecular complexity index is 156. The molecular weight excluding hydrogens is 142 g/mol. The van der Waals surface area contributed by atoms with Crippen LogP contribution in [0.1, 0.15) is 19.8 Å². The van der Waals surface area contributed by atoms with Crippen LogP contribution in [0.2, 0.25) is 0 Å². The van der Waals surface area contributed by atoms with Crippen LogP contribution in [0.3, 0.4) is 0 Å². The fourth-order valence-electron chi connectivity index (χ4n) is 1.47. The van der Waals surface area contributed by atoms with Gasteiger partial charge in [-0.1, -0.05) is 13.0 Å². The molecule has 3 heteroatoms. The van der Waals surface area contributed by atoms with Crippen molar-refractivity contribution in [2.24, 2.45) is 11.8 Å². The second-order valence-corrected chi connectivity index (χ2v) is 3.08. The van der Waals surface area contributed by atoms with E-state index in [1.807, 2.05) is 6.08 Å². The number of aliphatic hydroxyl groups is 1. The van der Waals surface area contributed by atoms with Gasteiger partial charge in [-0.05, 0) is 24.3 Å². The van der Waals surface area contributed by atoms with E-state index in [0.717, 1.165) is 18.4 Å². The summed E-state index contributed by atoms with van der Waals surface area (Å²) in [6, 6.07) is 0. The Kier molecular flexibility index (Phi) is 3.05.